The average molecular weight is 316 g/mol. The lowest BCUT2D eigenvalue weighted by molar-refractivity contribution is -0.138. The highest BCUT2D eigenvalue weighted by Crippen LogP contribution is 2.18. The second-order valence-electron chi connectivity index (χ2n) is 4.73. The first-order chi connectivity index (χ1) is 9.78. The number of hydrogen-bond acceptors (Lipinski definition) is 5. The van der Waals surface area contributed by atoms with Crippen LogP contribution in [-0.4, -0.2) is 59.4 Å². The highest BCUT2D eigenvalue weighted by atomic mass is 32.2. The van der Waals surface area contributed by atoms with Crippen LogP contribution in [0.5, 0.6) is 0 Å². The van der Waals surface area contributed by atoms with Gasteiger partial charge in [0.1, 0.15) is 0 Å². The van der Waals surface area contributed by atoms with Gasteiger partial charge in [0.2, 0.25) is 5.95 Å². The van der Waals surface area contributed by atoms with Crippen molar-refractivity contribution in [1.29, 1.82) is 0 Å². The third-order valence-electron chi connectivity index (χ3n) is 3.18. The number of carbonyl (C=O) groups excluding carboxylic acids is 1. The Labute approximate surface area is 120 Å². The van der Waals surface area contributed by atoms with Crippen LogP contribution in [0.1, 0.15) is 16.8 Å². The second-order valence-corrected chi connectivity index (χ2v) is 6.96. The van der Waals surface area contributed by atoms with Gasteiger partial charge >= 0.3 is 5.97 Å². The minimum Gasteiger partial charge on any atom is -0.481 e. The molecule has 1 unspecified atom stereocenters. The first-order valence-electron chi connectivity index (χ1n) is 6.13. The largest absolute Gasteiger partial charge is 0.481 e. The van der Waals surface area contributed by atoms with Crippen molar-refractivity contribution in [2.45, 2.75) is 12.5 Å². The van der Waals surface area contributed by atoms with E-state index in [2.05, 4.69) is 4.98 Å². The van der Waals surface area contributed by atoms with Crippen LogP contribution < -0.4 is 0 Å². The summed E-state index contributed by atoms with van der Waals surface area (Å²) in [6.07, 6.45) is 0.582. The highest BCUT2D eigenvalue weighted by molar-refractivity contribution is 7.91. The van der Waals surface area contributed by atoms with Crippen molar-refractivity contribution in [2.24, 2.45) is 0 Å². The maximum Gasteiger partial charge on any atom is 0.305 e. The van der Waals surface area contributed by atoms with Crippen LogP contribution >= 0.6 is 0 Å². The molecular weight excluding hydrogens is 303 g/mol. The number of halogens is 1. The molecule has 1 saturated heterocycles. The summed E-state index contributed by atoms with van der Waals surface area (Å²) in [5.74, 6) is -3.09. The number of amides is 1. The maximum atomic E-state index is 12.7. The topological polar surface area (TPSA) is 105 Å². The van der Waals surface area contributed by atoms with Crippen molar-refractivity contribution in [3.05, 3.63) is 29.8 Å². The molecule has 1 aromatic rings. The van der Waals surface area contributed by atoms with Crippen LogP contribution in [0.2, 0.25) is 0 Å². The molecule has 1 atom stereocenters. The number of aromatic nitrogens is 1. The summed E-state index contributed by atoms with van der Waals surface area (Å²) in [5, 5.41) is 8.85. The number of carboxylic acid groups (broad SMARTS) is 1. The van der Waals surface area contributed by atoms with Crippen LogP contribution in [0.25, 0.3) is 0 Å². The summed E-state index contributed by atoms with van der Waals surface area (Å²) in [6, 6.07) is 1.31. The highest BCUT2D eigenvalue weighted by Gasteiger charge is 2.35. The van der Waals surface area contributed by atoms with Crippen molar-refractivity contribution in [1.82, 2.24) is 9.88 Å². The normalized spacial score (nSPS) is 21.0. The molecule has 0 spiro atoms. The molecule has 0 bridgehead atoms. The Morgan fingerprint density at radius 2 is 2.14 bits per heavy atom. The average Bonchev–Trinajstić information content (AvgIpc) is 2.37. The van der Waals surface area contributed by atoms with E-state index in [1.165, 1.54) is 11.0 Å². The van der Waals surface area contributed by atoms with Gasteiger partial charge in [-0.25, -0.2) is 13.4 Å². The molecule has 1 aliphatic heterocycles. The van der Waals surface area contributed by atoms with Gasteiger partial charge in [-0.05, 0) is 12.1 Å². The molecule has 1 aromatic heterocycles. The van der Waals surface area contributed by atoms with Crippen molar-refractivity contribution in [3.8, 4) is 0 Å². The standard InChI is InChI=1S/C12H13FN2O5S/c13-10-2-1-8(6-14-10)12(18)15-3-4-21(19,20)7-9(15)5-11(16)17/h1-2,6,9H,3-5,7H2,(H,16,17). The van der Waals surface area contributed by atoms with E-state index < -0.39 is 40.1 Å². The fourth-order valence-electron chi connectivity index (χ4n) is 2.19. The number of rotatable bonds is 3. The molecule has 2 heterocycles. The number of nitrogens with zero attached hydrogens (tertiary/aromatic N) is 2. The molecule has 0 saturated carbocycles. The summed E-state index contributed by atoms with van der Waals surface area (Å²) < 4.78 is 35.9. The molecule has 2 rings (SSSR count). The van der Waals surface area contributed by atoms with E-state index in [-0.39, 0.29) is 23.6 Å². The lowest BCUT2D eigenvalue weighted by Crippen LogP contribution is -2.52. The van der Waals surface area contributed by atoms with Crippen molar-refractivity contribution >= 4 is 21.7 Å². The molecule has 1 amide bonds. The van der Waals surface area contributed by atoms with Gasteiger partial charge < -0.3 is 10.0 Å². The Balaban J connectivity index is 2.24. The number of sulfone groups is 1. The first-order valence-corrected chi connectivity index (χ1v) is 7.95. The number of hydrogen-bond donors (Lipinski definition) is 1. The van der Waals surface area contributed by atoms with E-state index in [9.17, 15) is 22.4 Å². The van der Waals surface area contributed by atoms with Crippen molar-refractivity contribution < 1.29 is 27.5 Å². The van der Waals surface area contributed by atoms with Gasteiger partial charge in [0, 0.05) is 12.7 Å². The van der Waals surface area contributed by atoms with Crippen LogP contribution in [0.4, 0.5) is 4.39 Å². The summed E-state index contributed by atoms with van der Waals surface area (Å²) in [5.41, 5.74) is 0.0890. The zero-order valence-electron chi connectivity index (χ0n) is 10.9. The van der Waals surface area contributed by atoms with Crippen molar-refractivity contribution in [3.63, 3.8) is 0 Å². The fraction of sp³-hybridized carbons (Fsp3) is 0.417. The predicted molar refractivity (Wildman–Crippen MR) is 69.9 cm³/mol. The second kappa shape index (κ2) is 5.76. The molecule has 1 fully saturated rings. The number of aliphatic carboxylic acids is 1. The van der Waals surface area contributed by atoms with E-state index in [1.807, 2.05) is 0 Å². The minimum absolute atomic E-state index is 0.0868. The van der Waals surface area contributed by atoms with Crippen LogP contribution in [0.15, 0.2) is 18.3 Å². The lowest BCUT2D eigenvalue weighted by atomic mass is 10.1. The molecule has 9 heteroatoms. The molecule has 0 aromatic carbocycles. The van der Waals surface area contributed by atoms with Gasteiger partial charge in [0.15, 0.2) is 9.84 Å². The van der Waals surface area contributed by atoms with Crippen LogP contribution in [0, 0.1) is 5.95 Å². The molecule has 114 valence electrons. The van der Waals surface area contributed by atoms with Gasteiger partial charge in [-0.1, -0.05) is 0 Å². The van der Waals surface area contributed by atoms with E-state index in [0.717, 1.165) is 12.3 Å². The third kappa shape index (κ3) is 3.75. The number of carbonyl (C=O) groups is 2. The summed E-state index contributed by atoms with van der Waals surface area (Å²) in [7, 11) is -3.37. The zero-order chi connectivity index (χ0) is 15.6. The van der Waals surface area contributed by atoms with Crippen LogP contribution in [0.3, 0.4) is 0 Å². The fourth-order valence-corrected chi connectivity index (χ4v) is 3.72. The summed E-state index contributed by atoms with van der Waals surface area (Å²) in [6.45, 7) is -0.0868. The third-order valence-corrected chi connectivity index (χ3v) is 4.87. The number of pyridine rings is 1. The molecule has 21 heavy (non-hydrogen) atoms. The Bertz CT molecular complexity index is 659. The van der Waals surface area contributed by atoms with Gasteiger partial charge in [-0.2, -0.15) is 4.39 Å². The Hall–Kier alpha value is -2.03. The molecule has 0 radical (unpaired) electrons. The minimum atomic E-state index is -3.37. The van der Waals surface area contributed by atoms with E-state index in [0.29, 0.717) is 0 Å². The van der Waals surface area contributed by atoms with Crippen LogP contribution in [-0.2, 0) is 14.6 Å². The van der Waals surface area contributed by atoms with E-state index in [1.54, 1.807) is 0 Å². The summed E-state index contributed by atoms with van der Waals surface area (Å²) >= 11 is 0. The maximum absolute atomic E-state index is 12.7. The molecule has 1 N–H and O–H groups in total. The monoisotopic (exact) mass is 316 g/mol. The zero-order valence-corrected chi connectivity index (χ0v) is 11.7. The Morgan fingerprint density at radius 1 is 1.43 bits per heavy atom. The smallest absolute Gasteiger partial charge is 0.305 e. The predicted octanol–water partition coefficient (Wildman–Crippen LogP) is -0.0654. The summed E-state index contributed by atoms with van der Waals surface area (Å²) in [4.78, 5) is 27.7. The molecule has 0 aliphatic carbocycles. The first kappa shape index (κ1) is 15.4. The lowest BCUT2D eigenvalue weighted by Gasteiger charge is -2.34. The van der Waals surface area contributed by atoms with Crippen molar-refractivity contribution in [2.75, 3.05) is 18.1 Å². The molecular formula is C12H13FN2O5S. The Morgan fingerprint density at radius 3 is 2.71 bits per heavy atom. The SMILES string of the molecule is O=C(O)CC1CS(=O)(=O)CCN1C(=O)c1ccc(F)nc1. The van der Waals surface area contributed by atoms with Gasteiger partial charge in [-0.3, -0.25) is 9.59 Å². The number of carboxylic acids is 1. The molecule has 7 nitrogen and oxygen atoms in total. The Kier molecular flexibility index (Phi) is 4.21. The van der Waals surface area contributed by atoms with Gasteiger partial charge in [-0.15, -0.1) is 0 Å². The van der Waals surface area contributed by atoms with E-state index >= 15 is 0 Å². The quantitative estimate of drug-likeness (QED) is 0.783. The van der Waals surface area contributed by atoms with Gasteiger partial charge in [0.05, 0.1) is 29.5 Å². The van der Waals surface area contributed by atoms with E-state index in [4.69, 9.17) is 5.11 Å². The van der Waals surface area contributed by atoms with Gasteiger partial charge in [0.25, 0.3) is 5.91 Å². The molecule has 1 aliphatic rings.